The van der Waals surface area contributed by atoms with Crippen LogP contribution in [0, 0.1) is 0 Å². The number of anilines is 1. The zero-order valence-electron chi connectivity index (χ0n) is 11.6. The van der Waals surface area contributed by atoms with Gasteiger partial charge in [0.05, 0.1) is 12.2 Å². The van der Waals surface area contributed by atoms with Gasteiger partial charge in [-0.1, -0.05) is 17.3 Å². The van der Waals surface area contributed by atoms with Crippen molar-refractivity contribution in [1.82, 2.24) is 10.1 Å². The first kappa shape index (κ1) is 13.2. The number of hydrogen-bond acceptors (Lipinski definition) is 5. The molecule has 2 heterocycles. The molecular weight excluding hydrogens is 266 g/mol. The summed E-state index contributed by atoms with van der Waals surface area (Å²) in [5, 5.41) is 3.87. The molecule has 0 aliphatic rings. The van der Waals surface area contributed by atoms with E-state index in [1.54, 1.807) is 12.4 Å². The second kappa shape index (κ2) is 5.66. The molecule has 106 valence electrons. The maximum atomic E-state index is 5.95. The molecule has 5 heteroatoms. The fourth-order valence-corrected chi connectivity index (χ4v) is 2.16. The van der Waals surface area contributed by atoms with Crippen LogP contribution >= 0.6 is 0 Å². The van der Waals surface area contributed by atoms with E-state index in [-0.39, 0.29) is 0 Å². The van der Waals surface area contributed by atoms with Crippen molar-refractivity contribution in [2.75, 3.05) is 12.3 Å². The van der Waals surface area contributed by atoms with Crippen LogP contribution in [-0.4, -0.2) is 16.7 Å². The zero-order valence-corrected chi connectivity index (χ0v) is 11.6. The van der Waals surface area contributed by atoms with Gasteiger partial charge in [0.2, 0.25) is 0 Å². The maximum Gasteiger partial charge on any atom is 0.178 e. The van der Waals surface area contributed by atoms with Gasteiger partial charge in [0.1, 0.15) is 5.75 Å². The Morgan fingerprint density at radius 2 is 1.95 bits per heavy atom. The van der Waals surface area contributed by atoms with Gasteiger partial charge in [-0.25, -0.2) is 0 Å². The molecule has 3 rings (SSSR count). The largest absolute Gasteiger partial charge is 0.494 e. The molecule has 2 N–H and O–H groups in total. The van der Waals surface area contributed by atoms with E-state index in [4.69, 9.17) is 15.0 Å². The molecule has 0 aliphatic carbocycles. The van der Waals surface area contributed by atoms with Crippen molar-refractivity contribution >= 4 is 5.82 Å². The van der Waals surface area contributed by atoms with Gasteiger partial charge in [-0.15, -0.1) is 0 Å². The highest BCUT2D eigenvalue weighted by Gasteiger charge is 2.17. The fraction of sp³-hybridized carbons (Fsp3) is 0.125. The van der Waals surface area contributed by atoms with Gasteiger partial charge in [0.25, 0.3) is 0 Å². The average Bonchev–Trinajstić information content (AvgIpc) is 2.91. The smallest absolute Gasteiger partial charge is 0.178 e. The summed E-state index contributed by atoms with van der Waals surface area (Å²) in [5.74, 6) is 1.79. The molecule has 0 unspecified atom stereocenters. The van der Waals surface area contributed by atoms with Crippen LogP contribution in [0.2, 0.25) is 0 Å². The van der Waals surface area contributed by atoms with Crippen LogP contribution in [0.3, 0.4) is 0 Å². The number of nitrogen functional groups attached to an aromatic ring is 1. The predicted octanol–water partition coefficient (Wildman–Crippen LogP) is 3.38. The predicted molar refractivity (Wildman–Crippen MR) is 80.8 cm³/mol. The standard InChI is InChI=1S/C16H15N3O2/c1-2-20-13-7-5-11(6-8-13)14-15(21-19-16(14)17)12-4-3-9-18-10-12/h3-10H,2H2,1H3,(H2,17,19). The molecule has 0 spiro atoms. The van der Waals surface area contributed by atoms with Crippen molar-refractivity contribution in [1.29, 1.82) is 0 Å². The van der Waals surface area contributed by atoms with Crippen LogP contribution in [0.25, 0.3) is 22.5 Å². The number of nitrogens with two attached hydrogens (primary N) is 1. The molecule has 0 aliphatic heterocycles. The van der Waals surface area contributed by atoms with Crippen LogP contribution in [0.15, 0.2) is 53.3 Å². The molecule has 1 aromatic carbocycles. The van der Waals surface area contributed by atoms with Gasteiger partial charge in [-0.05, 0) is 36.8 Å². The van der Waals surface area contributed by atoms with Crippen molar-refractivity contribution < 1.29 is 9.26 Å². The van der Waals surface area contributed by atoms with Gasteiger partial charge in [0, 0.05) is 18.0 Å². The minimum Gasteiger partial charge on any atom is -0.494 e. The van der Waals surface area contributed by atoms with E-state index in [1.165, 1.54) is 0 Å². The average molecular weight is 281 g/mol. The van der Waals surface area contributed by atoms with E-state index < -0.39 is 0 Å². The van der Waals surface area contributed by atoms with Crippen LogP contribution in [0.1, 0.15) is 6.92 Å². The second-order valence-corrected chi connectivity index (χ2v) is 4.47. The van der Waals surface area contributed by atoms with Crippen LogP contribution in [-0.2, 0) is 0 Å². The number of nitrogens with zero attached hydrogens (tertiary/aromatic N) is 2. The highest BCUT2D eigenvalue weighted by molar-refractivity contribution is 5.86. The van der Waals surface area contributed by atoms with Crippen molar-refractivity contribution in [3.05, 3.63) is 48.8 Å². The van der Waals surface area contributed by atoms with Gasteiger partial charge in [-0.2, -0.15) is 0 Å². The molecule has 0 atom stereocenters. The van der Waals surface area contributed by atoms with Gasteiger partial charge in [-0.3, -0.25) is 4.98 Å². The first-order valence-electron chi connectivity index (χ1n) is 6.68. The van der Waals surface area contributed by atoms with E-state index in [1.807, 2.05) is 43.3 Å². The summed E-state index contributed by atoms with van der Waals surface area (Å²) in [6.45, 7) is 2.59. The highest BCUT2D eigenvalue weighted by atomic mass is 16.5. The number of rotatable bonds is 4. The van der Waals surface area contributed by atoms with Gasteiger partial charge in [0.15, 0.2) is 11.6 Å². The minimum absolute atomic E-state index is 0.359. The molecule has 0 saturated carbocycles. The first-order valence-corrected chi connectivity index (χ1v) is 6.68. The Morgan fingerprint density at radius 3 is 2.62 bits per heavy atom. The summed E-state index contributed by atoms with van der Waals surface area (Å²) in [7, 11) is 0. The topological polar surface area (TPSA) is 74.2 Å². The summed E-state index contributed by atoms with van der Waals surface area (Å²) in [6, 6.07) is 11.4. The second-order valence-electron chi connectivity index (χ2n) is 4.47. The lowest BCUT2D eigenvalue weighted by Crippen LogP contribution is -1.92. The number of ether oxygens (including phenoxy) is 1. The maximum absolute atomic E-state index is 5.95. The lowest BCUT2D eigenvalue weighted by atomic mass is 10.0. The summed E-state index contributed by atoms with van der Waals surface area (Å²) >= 11 is 0. The summed E-state index contributed by atoms with van der Waals surface area (Å²) < 4.78 is 10.8. The van der Waals surface area contributed by atoms with Crippen molar-refractivity contribution in [3.8, 4) is 28.2 Å². The first-order chi connectivity index (χ1) is 10.3. The Hall–Kier alpha value is -2.82. The molecule has 5 nitrogen and oxygen atoms in total. The number of aromatic nitrogens is 2. The van der Waals surface area contributed by atoms with E-state index >= 15 is 0 Å². The molecule has 0 saturated heterocycles. The third kappa shape index (κ3) is 2.58. The Balaban J connectivity index is 2.04. The summed E-state index contributed by atoms with van der Waals surface area (Å²) in [6.07, 6.45) is 3.43. The van der Waals surface area contributed by atoms with Gasteiger partial charge >= 0.3 is 0 Å². The third-order valence-electron chi connectivity index (χ3n) is 3.10. The Kier molecular flexibility index (Phi) is 3.55. The van der Waals surface area contributed by atoms with Crippen molar-refractivity contribution in [2.45, 2.75) is 6.92 Å². The molecule has 0 bridgehead atoms. The molecule has 3 aromatic rings. The monoisotopic (exact) mass is 281 g/mol. The van der Waals surface area contributed by atoms with Crippen LogP contribution in [0.4, 0.5) is 5.82 Å². The number of benzene rings is 1. The van der Waals surface area contributed by atoms with Gasteiger partial charge < -0.3 is 15.0 Å². The van der Waals surface area contributed by atoms with E-state index in [2.05, 4.69) is 10.1 Å². The van der Waals surface area contributed by atoms with Crippen LogP contribution < -0.4 is 10.5 Å². The third-order valence-corrected chi connectivity index (χ3v) is 3.10. The normalized spacial score (nSPS) is 10.5. The van der Waals surface area contributed by atoms with Crippen LogP contribution in [0.5, 0.6) is 5.75 Å². The quantitative estimate of drug-likeness (QED) is 0.793. The Morgan fingerprint density at radius 1 is 1.14 bits per heavy atom. The highest BCUT2D eigenvalue weighted by Crippen LogP contribution is 2.36. The number of pyridine rings is 1. The van der Waals surface area contributed by atoms with E-state index in [9.17, 15) is 0 Å². The van der Waals surface area contributed by atoms with E-state index in [0.717, 1.165) is 22.4 Å². The molecule has 2 aromatic heterocycles. The Labute approximate surface area is 122 Å². The van der Waals surface area contributed by atoms with Crippen molar-refractivity contribution in [3.63, 3.8) is 0 Å². The summed E-state index contributed by atoms with van der Waals surface area (Å²) in [5.41, 5.74) is 8.49. The minimum atomic E-state index is 0.359. The molecule has 21 heavy (non-hydrogen) atoms. The fourth-order valence-electron chi connectivity index (χ4n) is 2.16. The number of hydrogen-bond donors (Lipinski definition) is 1. The molecular formula is C16H15N3O2. The lowest BCUT2D eigenvalue weighted by Gasteiger charge is -2.05. The Bertz CT molecular complexity index is 721. The van der Waals surface area contributed by atoms with Crippen molar-refractivity contribution in [2.24, 2.45) is 0 Å². The lowest BCUT2D eigenvalue weighted by molar-refractivity contribution is 0.340. The SMILES string of the molecule is CCOc1ccc(-c2c(N)noc2-c2cccnc2)cc1. The molecule has 0 radical (unpaired) electrons. The summed E-state index contributed by atoms with van der Waals surface area (Å²) in [4.78, 5) is 4.09. The van der Waals surface area contributed by atoms with E-state index in [0.29, 0.717) is 18.2 Å². The molecule has 0 amide bonds. The molecule has 0 fully saturated rings. The zero-order chi connectivity index (χ0) is 14.7.